The highest BCUT2D eigenvalue weighted by atomic mass is 32.2. The summed E-state index contributed by atoms with van der Waals surface area (Å²) >= 11 is 0.314. The number of rotatable bonds is 1. The fourth-order valence-corrected chi connectivity index (χ4v) is 5.85. The summed E-state index contributed by atoms with van der Waals surface area (Å²) < 4.78 is 37.2. The Morgan fingerprint density at radius 3 is 1.60 bits per heavy atom. The summed E-state index contributed by atoms with van der Waals surface area (Å²) in [6, 6.07) is 0. The molecule has 0 N–H and O–H groups in total. The number of hydrogen-bond donors (Lipinski definition) is 0. The van der Waals surface area contributed by atoms with Crippen LogP contribution in [0.4, 0.5) is 13.2 Å². The highest BCUT2D eigenvalue weighted by Crippen LogP contribution is 2.63. The molecular formula is C11H15F3S. The third-order valence-corrected chi connectivity index (χ3v) is 5.48. The first kappa shape index (κ1) is 10.3. The van der Waals surface area contributed by atoms with E-state index in [4.69, 9.17) is 0 Å². The normalized spacial score (nSPS) is 48.6. The predicted octanol–water partition coefficient (Wildman–Crippen LogP) is 4.21. The Balaban J connectivity index is 1.81. The Hall–Kier alpha value is 0.140. The van der Waals surface area contributed by atoms with Crippen molar-refractivity contribution in [2.75, 3.05) is 0 Å². The Bertz CT molecular complexity index is 236. The van der Waals surface area contributed by atoms with Gasteiger partial charge in [0.2, 0.25) is 0 Å². The molecule has 0 aromatic heterocycles. The van der Waals surface area contributed by atoms with E-state index in [9.17, 15) is 13.2 Å². The summed E-state index contributed by atoms with van der Waals surface area (Å²) in [7, 11) is 0. The minimum Gasteiger partial charge on any atom is -0.160 e. The molecule has 0 heterocycles. The molecule has 0 amide bonds. The molecule has 4 aliphatic rings. The smallest absolute Gasteiger partial charge is 0.160 e. The van der Waals surface area contributed by atoms with Crippen molar-refractivity contribution in [3.05, 3.63) is 0 Å². The quantitative estimate of drug-likeness (QED) is 0.657. The van der Waals surface area contributed by atoms with Crippen LogP contribution >= 0.6 is 11.8 Å². The van der Waals surface area contributed by atoms with Crippen LogP contribution in [0, 0.1) is 17.8 Å². The van der Waals surface area contributed by atoms with Gasteiger partial charge in [-0.3, -0.25) is 0 Å². The maximum atomic E-state index is 12.5. The molecule has 0 spiro atoms. The van der Waals surface area contributed by atoms with Gasteiger partial charge in [0, 0.05) is 4.75 Å². The lowest BCUT2D eigenvalue weighted by molar-refractivity contribution is -0.0396. The minimum atomic E-state index is -4.04. The van der Waals surface area contributed by atoms with Gasteiger partial charge in [0.1, 0.15) is 0 Å². The maximum Gasteiger partial charge on any atom is 0.442 e. The SMILES string of the molecule is FC(F)(F)SC12CC3CC(CC(C3)C1)C2. The molecule has 0 unspecified atom stereocenters. The highest BCUT2D eigenvalue weighted by molar-refractivity contribution is 8.01. The summed E-state index contributed by atoms with van der Waals surface area (Å²) in [5, 5.41) is 0. The first-order chi connectivity index (χ1) is 6.94. The summed E-state index contributed by atoms with van der Waals surface area (Å²) in [6.45, 7) is 0. The third kappa shape index (κ3) is 1.90. The lowest BCUT2D eigenvalue weighted by Crippen LogP contribution is -2.49. The summed E-state index contributed by atoms with van der Waals surface area (Å²) in [4.78, 5) is 0. The van der Waals surface area contributed by atoms with Gasteiger partial charge in [-0.2, -0.15) is 13.2 Å². The molecule has 0 aromatic carbocycles. The van der Waals surface area contributed by atoms with Crippen LogP contribution in [-0.2, 0) is 0 Å². The van der Waals surface area contributed by atoms with Crippen molar-refractivity contribution in [3.63, 3.8) is 0 Å². The molecule has 0 aromatic rings. The van der Waals surface area contributed by atoms with E-state index < -0.39 is 10.3 Å². The van der Waals surface area contributed by atoms with E-state index in [-0.39, 0.29) is 0 Å². The second kappa shape index (κ2) is 3.08. The van der Waals surface area contributed by atoms with Crippen molar-refractivity contribution >= 4 is 11.8 Å². The molecule has 15 heavy (non-hydrogen) atoms. The van der Waals surface area contributed by atoms with Crippen LogP contribution in [0.1, 0.15) is 38.5 Å². The molecule has 0 aliphatic heterocycles. The Morgan fingerprint density at radius 1 is 0.867 bits per heavy atom. The molecule has 4 aliphatic carbocycles. The van der Waals surface area contributed by atoms with Crippen LogP contribution < -0.4 is 0 Å². The standard InChI is InChI=1S/C11H15F3S/c12-11(13,14)15-10-4-7-1-8(5-10)3-9(2-7)6-10/h7-9H,1-6H2. The van der Waals surface area contributed by atoms with Gasteiger partial charge in [0.25, 0.3) is 0 Å². The van der Waals surface area contributed by atoms with Gasteiger partial charge in [-0.15, -0.1) is 0 Å². The van der Waals surface area contributed by atoms with Crippen molar-refractivity contribution in [2.24, 2.45) is 17.8 Å². The molecule has 0 saturated heterocycles. The van der Waals surface area contributed by atoms with Gasteiger partial charge >= 0.3 is 5.51 Å². The molecule has 4 fully saturated rings. The van der Waals surface area contributed by atoms with Gasteiger partial charge in [-0.1, -0.05) is 0 Å². The van der Waals surface area contributed by atoms with E-state index in [1.165, 1.54) is 19.3 Å². The van der Waals surface area contributed by atoms with E-state index in [0.29, 0.717) is 29.5 Å². The first-order valence-electron chi connectivity index (χ1n) is 5.71. The van der Waals surface area contributed by atoms with Gasteiger partial charge in [0.05, 0.1) is 0 Å². The van der Waals surface area contributed by atoms with Gasteiger partial charge in [-0.25, -0.2) is 0 Å². The van der Waals surface area contributed by atoms with E-state index in [1.807, 2.05) is 0 Å². The predicted molar refractivity (Wildman–Crippen MR) is 54.5 cm³/mol. The number of thioether (sulfide) groups is 1. The number of alkyl halides is 3. The second-order valence-electron chi connectivity index (χ2n) is 5.65. The zero-order valence-electron chi connectivity index (χ0n) is 8.52. The average molecular weight is 236 g/mol. The van der Waals surface area contributed by atoms with Crippen LogP contribution in [-0.4, -0.2) is 10.3 Å². The molecule has 0 radical (unpaired) electrons. The van der Waals surface area contributed by atoms with Crippen molar-refractivity contribution in [3.8, 4) is 0 Å². The average Bonchev–Trinajstić information content (AvgIpc) is 1.94. The van der Waals surface area contributed by atoms with Gasteiger partial charge in [-0.05, 0) is 68.0 Å². The largest absolute Gasteiger partial charge is 0.442 e. The van der Waals surface area contributed by atoms with Crippen molar-refractivity contribution in [1.29, 1.82) is 0 Å². The maximum absolute atomic E-state index is 12.5. The summed E-state index contributed by atoms with van der Waals surface area (Å²) in [5.74, 6) is 1.81. The molecule has 4 rings (SSSR count). The van der Waals surface area contributed by atoms with Crippen LogP contribution in [0.5, 0.6) is 0 Å². The van der Waals surface area contributed by atoms with E-state index in [2.05, 4.69) is 0 Å². The zero-order valence-corrected chi connectivity index (χ0v) is 9.33. The van der Waals surface area contributed by atoms with Gasteiger partial charge in [0.15, 0.2) is 0 Å². The minimum absolute atomic E-state index is 0.314. The van der Waals surface area contributed by atoms with Crippen LogP contribution in [0.2, 0.25) is 0 Å². The van der Waals surface area contributed by atoms with Crippen LogP contribution in [0.25, 0.3) is 0 Å². The second-order valence-corrected chi connectivity index (χ2v) is 7.18. The van der Waals surface area contributed by atoms with Gasteiger partial charge < -0.3 is 0 Å². The molecule has 0 nitrogen and oxygen atoms in total. The van der Waals surface area contributed by atoms with E-state index in [1.54, 1.807) is 0 Å². The van der Waals surface area contributed by atoms with E-state index >= 15 is 0 Å². The Kier molecular flexibility index (Phi) is 2.12. The Labute approximate surface area is 92.0 Å². The van der Waals surface area contributed by atoms with Crippen molar-refractivity contribution in [2.45, 2.75) is 48.8 Å². The molecule has 0 atom stereocenters. The monoisotopic (exact) mass is 236 g/mol. The van der Waals surface area contributed by atoms with E-state index in [0.717, 1.165) is 19.3 Å². The Morgan fingerprint density at radius 2 is 1.27 bits per heavy atom. The molecule has 4 bridgehead atoms. The third-order valence-electron chi connectivity index (χ3n) is 4.31. The summed E-state index contributed by atoms with van der Waals surface area (Å²) in [5.41, 5.74) is -4.04. The van der Waals surface area contributed by atoms with Crippen LogP contribution in [0.15, 0.2) is 0 Å². The number of halogens is 3. The van der Waals surface area contributed by atoms with Crippen molar-refractivity contribution in [1.82, 2.24) is 0 Å². The topological polar surface area (TPSA) is 0 Å². The molecular weight excluding hydrogens is 221 g/mol. The van der Waals surface area contributed by atoms with Crippen molar-refractivity contribution < 1.29 is 13.2 Å². The molecule has 86 valence electrons. The first-order valence-corrected chi connectivity index (χ1v) is 6.53. The fourth-order valence-electron chi connectivity index (χ4n) is 4.40. The van der Waals surface area contributed by atoms with Crippen LogP contribution in [0.3, 0.4) is 0 Å². The number of hydrogen-bond acceptors (Lipinski definition) is 1. The molecule has 4 heteroatoms. The lowest BCUT2D eigenvalue weighted by atomic mass is 9.56. The fraction of sp³-hybridized carbons (Fsp3) is 1.00. The lowest BCUT2D eigenvalue weighted by Gasteiger charge is -2.56. The highest BCUT2D eigenvalue weighted by Gasteiger charge is 2.55. The zero-order chi connectivity index (χ0) is 10.7. The molecule has 4 saturated carbocycles. The summed E-state index contributed by atoms with van der Waals surface area (Å²) in [6.07, 6.45) is 6.09.